The van der Waals surface area contributed by atoms with Crippen LogP contribution in [0.2, 0.25) is 0 Å². The van der Waals surface area contributed by atoms with Crippen molar-refractivity contribution < 1.29 is 9.53 Å². The lowest BCUT2D eigenvalue weighted by molar-refractivity contribution is 0.104. The summed E-state index contributed by atoms with van der Waals surface area (Å²) in [5.74, 6) is 0.454. The molecule has 4 nitrogen and oxygen atoms in total. The lowest BCUT2D eigenvalue weighted by Crippen LogP contribution is -2.16. The number of H-pyrrole nitrogens is 1. The predicted octanol–water partition coefficient (Wildman–Crippen LogP) is 2.75. The highest BCUT2D eigenvalue weighted by molar-refractivity contribution is 6.25. The SMILES string of the molecule is COc1ccc2c3c(c(=O)[nH]c2c1)C(=O)c1ccccc1-3. The van der Waals surface area contributed by atoms with Crippen molar-refractivity contribution >= 4 is 16.7 Å². The molecule has 2 aromatic carbocycles. The first-order chi connectivity index (χ1) is 10.2. The number of carbonyl (C=O) groups is 1. The first-order valence-corrected chi connectivity index (χ1v) is 6.59. The molecule has 102 valence electrons. The minimum absolute atomic E-state index is 0.209. The quantitative estimate of drug-likeness (QED) is 0.582. The van der Waals surface area contributed by atoms with Crippen molar-refractivity contribution in [2.24, 2.45) is 0 Å². The summed E-state index contributed by atoms with van der Waals surface area (Å²) in [6.45, 7) is 0. The maximum Gasteiger partial charge on any atom is 0.260 e. The van der Waals surface area contributed by atoms with E-state index in [1.165, 1.54) is 0 Å². The average molecular weight is 277 g/mol. The van der Waals surface area contributed by atoms with Crippen molar-refractivity contribution in [1.82, 2.24) is 4.98 Å². The zero-order chi connectivity index (χ0) is 14.6. The van der Waals surface area contributed by atoms with Gasteiger partial charge in [-0.05, 0) is 17.7 Å². The van der Waals surface area contributed by atoms with E-state index in [0.29, 0.717) is 16.8 Å². The molecule has 0 fully saturated rings. The molecule has 1 heterocycles. The van der Waals surface area contributed by atoms with Gasteiger partial charge in [-0.3, -0.25) is 9.59 Å². The number of aromatic amines is 1. The summed E-state index contributed by atoms with van der Waals surface area (Å²) < 4.78 is 5.18. The second-order valence-electron chi connectivity index (χ2n) is 4.99. The van der Waals surface area contributed by atoms with E-state index in [9.17, 15) is 9.59 Å². The number of rotatable bonds is 1. The second kappa shape index (κ2) is 4.06. The van der Waals surface area contributed by atoms with E-state index in [-0.39, 0.29) is 16.9 Å². The molecule has 1 aromatic heterocycles. The average Bonchev–Trinajstić information content (AvgIpc) is 2.81. The largest absolute Gasteiger partial charge is 0.497 e. The zero-order valence-electron chi connectivity index (χ0n) is 11.3. The normalized spacial score (nSPS) is 12.3. The van der Waals surface area contributed by atoms with Gasteiger partial charge in [-0.25, -0.2) is 0 Å². The van der Waals surface area contributed by atoms with Gasteiger partial charge in [0.1, 0.15) is 5.75 Å². The van der Waals surface area contributed by atoms with Crippen LogP contribution in [0.25, 0.3) is 22.0 Å². The number of fused-ring (bicyclic) bond motifs is 5. The Morgan fingerprint density at radius 1 is 0.952 bits per heavy atom. The van der Waals surface area contributed by atoms with Crippen LogP contribution in [-0.4, -0.2) is 17.9 Å². The number of carbonyl (C=O) groups excluding carboxylic acids is 1. The topological polar surface area (TPSA) is 59.2 Å². The van der Waals surface area contributed by atoms with E-state index in [1.807, 2.05) is 30.3 Å². The van der Waals surface area contributed by atoms with Gasteiger partial charge in [0.2, 0.25) is 0 Å². The number of ether oxygens (including phenoxy) is 1. The minimum Gasteiger partial charge on any atom is -0.497 e. The van der Waals surface area contributed by atoms with E-state index in [2.05, 4.69) is 4.98 Å². The summed E-state index contributed by atoms with van der Waals surface area (Å²) in [5, 5.41) is 0.851. The highest BCUT2D eigenvalue weighted by atomic mass is 16.5. The fourth-order valence-electron chi connectivity index (χ4n) is 2.93. The van der Waals surface area contributed by atoms with Gasteiger partial charge in [0.05, 0.1) is 18.2 Å². The third kappa shape index (κ3) is 1.50. The molecule has 0 amide bonds. The number of hydrogen-bond acceptors (Lipinski definition) is 3. The van der Waals surface area contributed by atoms with Crippen LogP contribution in [0, 0.1) is 0 Å². The fourth-order valence-corrected chi connectivity index (χ4v) is 2.93. The number of nitrogens with one attached hydrogen (secondary N) is 1. The number of pyridine rings is 1. The molecular formula is C17H11NO3. The van der Waals surface area contributed by atoms with Crippen molar-refractivity contribution in [3.8, 4) is 16.9 Å². The molecule has 4 rings (SSSR count). The summed E-state index contributed by atoms with van der Waals surface area (Å²) in [5.41, 5.74) is 2.67. The molecule has 0 saturated carbocycles. The van der Waals surface area contributed by atoms with Crippen molar-refractivity contribution in [2.45, 2.75) is 0 Å². The molecule has 1 N–H and O–H groups in total. The molecule has 0 aliphatic heterocycles. The summed E-state index contributed by atoms with van der Waals surface area (Å²) in [6.07, 6.45) is 0. The standard InChI is InChI=1S/C17H11NO3/c1-21-9-6-7-12-13(8-9)18-17(20)15-14(12)10-4-2-3-5-11(10)16(15)19/h2-8H,1H3,(H,18,20). The highest BCUT2D eigenvalue weighted by Crippen LogP contribution is 2.39. The van der Waals surface area contributed by atoms with Gasteiger partial charge in [-0.1, -0.05) is 24.3 Å². The molecule has 0 unspecified atom stereocenters. The van der Waals surface area contributed by atoms with E-state index >= 15 is 0 Å². The van der Waals surface area contributed by atoms with Crippen molar-refractivity contribution in [2.75, 3.05) is 7.11 Å². The first kappa shape index (κ1) is 11.9. The Balaban J connectivity index is 2.19. The van der Waals surface area contributed by atoms with E-state index in [0.717, 1.165) is 16.5 Å². The Morgan fingerprint density at radius 3 is 2.48 bits per heavy atom. The number of benzene rings is 2. The van der Waals surface area contributed by atoms with Crippen LogP contribution in [0.3, 0.4) is 0 Å². The Bertz CT molecular complexity index is 969. The van der Waals surface area contributed by atoms with Gasteiger partial charge in [-0.15, -0.1) is 0 Å². The maximum absolute atomic E-state index is 12.4. The van der Waals surface area contributed by atoms with Crippen LogP contribution in [0.1, 0.15) is 15.9 Å². The monoisotopic (exact) mass is 277 g/mol. The Kier molecular flexibility index (Phi) is 2.30. The van der Waals surface area contributed by atoms with Crippen molar-refractivity contribution in [3.05, 3.63) is 63.9 Å². The Morgan fingerprint density at radius 2 is 1.71 bits per heavy atom. The summed E-state index contributed by atoms with van der Waals surface area (Å²) in [6, 6.07) is 12.8. The van der Waals surface area contributed by atoms with Crippen molar-refractivity contribution in [3.63, 3.8) is 0 Å². The lowest BCUT2D eigenvalue weighted by Gasteiger charge is -2.07. The molecule has 0 spiro atoms. The van der Waals surface area contributed by atoms with Gasteiger partial charge in [0.15, 0.2) is 5.78 Å². The third-order valence-electron chi connectivity index (χ3n) is 3.89. The number of hydrogen-bond donors (Lipinski definition) is 1. The predicted molar refractivity (Wildman–Crippen MR) is 80.0 cm³/mol. The summed E-state index contributed by atoms with van der Waals surface area (Å²) in [7, 11) is 1.57. The first-order valence-electron chi connectivity index (χ1n) is 6.59. The van der Waals surface area contributed by atoms with Gasteiger partial charge >= 0.3 is 0 Å². The van der Waals surface area contributed by atoms with Crippen LogP contribution >= 0.6 is 0 Å². The molecule has 0 bridgehead atoms. The van der Waals surface area contributed by atoms with Gasteiger partial charge in [0, 0.05) is 22.6 Å². The minimum atomic E-state index is -0.355. The zero-order valence-corrected chi connectivity index (χ0v) is 11.3. The molecule has 0 saturated heterocycles. The Labute approximate surface area is 120 Å². The van der Waals surface area contributed by atoms with Gasteiger partial charge in [-0.2, -0.15) is 0 Å². The van der Waals surface area contributed by atoms with Crippen LogP contribution in [0.4, 0.5) is 0 Å². The maximum atomic E-state index is 12.4. The molecule has 4 heteroatoms. The van der Waals surface area contributed by atoms with Gasteiger partial charge in [0.25, 0.3) is 5.56 Å². The Hall–Kier alpha value is -2.88. The van der Waals surface area contributed by atoms with E-state index in [4.69, 9.17) is 4.74 Å². The lowest BCUT2D eigenvalue weighted by atomic mass is 10.0. The van der Waals surface area contributed by atoms with Crippen LogP contribution in [0.15, 0.2) is 47.3 Å². The van der Waals surface area contributed by atoms with Crippen LogP contribution in [0.5, 0.6) is 5.75 Å². The summed E-state index contributed by atoms with van der Waals surface area (Å²) in [4.78, 5) is 27.5. The number of aromatic nitrogens is 1. The van der Waals surface area contributed by atoms with Crippen LogP contribution < -0.4 is 10.3 Å². The molecule has 1 aliphatic rings. The molecule has 0 radical (unpaired) electrons. The van der Waals surface area contributed by atoms with E-state index in [1.54, 1.807) is 19.2 Å². The summed E-state index contributed by atoms with van der Waals surface area (Å²) >= 11 is 0. The van der Waals surface area contributed by atoms with Gasteiger partial charge < -0.3 is 9.72 Å². The molecular weight excluding hydrogens is 266 g/mol. The smallest absolute Gasteiger partial charge is 0.260 e. The second-order valence-corrected chi connectivity index (χ2v) is 4.99. The third-order valence-corrected chi connectivity index (χ3v) is 3.89. The number of methoxy groups -OCH3 is 1. The molecule has 0 atom stereocenters. The van der Waals surface area contributed by atoms with E-state index < -0.39 is 0 Å². The fraction of sp³-hybridized carbons (Fsp3) is 0.0588. The highest BCUT2D eigenvalue weighted by Gasteiger charge is 2.30. The molecule has 1 aliphatic carbocycles. The van der Waals surface area contributed by atoms with Crippen molar-refractivity contribution in [1.29, 1.82) is 0 Å². The number of ketones is 1. The molecule has 21 heavy (non-hydrogen) atoms. The molecule has 3 aromatic rings. The van der Waals surface area contributed by atoms with Crippen LogP contribution in [-0.2, 0) is 0 Å².